The minimum Gasteiger partial charge on any atom is -0.378 e. The Morgan fingerprint density at radius 3 is 1.88 bits per heavy atom. The van der Waals surface area contributed by atoms with Crippen LogP contribution in [0.1, 0.15) is 78.5 Å². The third-order valence-electron chi connectivity index (χ3n) is 6.50. The zero-order chi connectivity index (χ0) is 19.5. The van der Waals surface area contributed by atoms with Crippen LogP contribution in [0.5, 0.6) is 0 Å². The van der Waals surface area contributed by atoms with Gasteiger partial charge in [0.25, 0.3) is 0 Å². The Labute approximate surface area is 160 Å². The molecule has 0 aliphatic heterocycles. The van der Waals surface area contributed by atoms with Crippen molar-refractivity contribution >= 4 is 5.57 Å². The molecule has 0 heterocycles. The smallest absolute Gasteiger partial charge is 0.0759 e. The number of ether oxygens (including phenoxy) is 1. The monoisotopic (exact) mass is 352 g/mol. The van der Waals surface area contributed by atoms with Crippen LogP contribution in [0, 0.1) is 11.3 Å². The summed E-state index contributed by atoms with van der Waals surface area (Å²) in [7, 11) is 1.85. The van der Waals surface area contributed by atoms with Crippen LogP contribution in [0.2, 0.25) is 0 Å². The van der Waals surface area contributed by atoms with Gasteiger partial charge in [0, 0.05) is 18.4 Å². The Bertz CT molecular complexity index is 736. The van der Waals surface area contributed by atoms with Gasteiger partial charge in [-0.05, 0) is 46.4 Å². The Balaban J connectivity index is 2.17. The number of rotatable bonds is 2. The highest BCUT2D eigenvalue weighted by Crippen LogP contribution is 2.55. The molecule has 2 bridgehead atoms. The van der Waals surface area contributed by atoms with Gasteiger partial charge in [-0.25, -0.2) is 0 Å². The quantitative estimate of drug-likeness (QED) is 0.540. The molecule has 1 heteroatoms. The van der Waals surface area contributed by atoms with Crippen molar-refractivity contribution in [3.05, 3.63) is 53.1 Å². The lowest BCUT2D eigenvalue weighted by molar-refractivity contribution is -0.0461. The van der Waals surface area contributed by atoms with Crippen molar-refractivity contribution in [3.63, 3.8) is 0 Å². The van der Waals surface area contributed by atoms with Gasteiger partial charge < -0.3 is 4.74 Å². The Hall–Kier alpha value is -1.34. The molecule has 0 N–H and O–H groups in total. The maximum atomic E-state index is 5.92. The normalized spacial score (nSPS) is 31.3. The first-order chi connectivity index (χ1) is 11.8. The molecule has 0 amide bonds. The van der Waals surface area contributed by atoms with E-state index in [9.17, 15) is 0 Å². The number of allylic oxidation sites excluding steroid dienone is 2. The highest BCUT2D eigenvalue weighted by Gasteiger charge is 2.48. The molecule has 0 saturated heterocycles. The molecule has 3 aliphatic carbocycles. The van der Waals surface area contributed by atoms with Gasteiger partial charge in [0.1, 0.15) is 0 Å². The maximum absolute atomic E-state index is 5.92. The van der Waals surface area contributed by atoms with Crippen molar-refractivity contribution in [1.29, 1.82) is 0 Å². The summed E-state index contributed by atoms with van der Waals surface area (Å²) >= 11 is 0. The predicted molar refractivity (Wildman–Crippen MR) is 113 cm³/mol. The predicted octanol–water partition coefficient (Wildman–Crippen LogP) is 6.67. The fourth-order valence-electron chi connectivity index (χ4n) is 4.50. The summed E-state index contributed by atoms with van der Waals surface area (Å²) in [4.78, 5) is 0. The van der Waals surface area contributed by atoms with Crippen LogP contribution < -0.4 is 0 Å². The first kappa shape index (κ1) is 19.4. The van der Waals surface area contributed by atoms with Crippen molar-refractivity contribution in [2.24, 2.45) is 11.3 Å². The van der Waals surface area contributed by atoms with E-state index in [1.807, 2.05) is 7.11 Å². The van der Waals surface area contributed by atoms with E-state index < -0.39 is 0 Å². The van der Waals surface area contributed by atoms with E-state index in [0.29, 0.717) is 5.92 Å². The third kappa shape index (κ3) is 3.20. The highest BCUT2D eigenvalue weighted by atomic mass is 16.5. The van der Waals surface area contributed by atoms with Crippen LogP contribution in [0.3, 0.4) is 0 Å². The van der Waals surface area contributed by atoms with Crippen LogP contribution in [0.15, 0.2) is 36.4 Å². The van der Waals surface area contributed by atoms with E-state index in [4.69, 9.17) is 4.74 Å². The zero-order valence-corrected chi connectivity index (χ0v) is 18.2. The van der Waals surface area contributed by atoms with Crippen LogP contribution in [0.25, 0.3) is 5.57 Å². The largest absolute Gasteiger partial charge is 0.378 e. The Morgan fingerprint density at radius 1 is 0.923 bits per heavy atom. The Kier molecular flexibility index (Phi) is 4.35. The summed E-state index contributed by atoms with van der Waals surface area (Å²) < 4.78 is 5.92. The van der Waals surface area contributed by atoms with Crippen molar-refractivity contribution in [2.75, 3.05) is 7.11 Å². The number of hydrogen-bond acceptors (Lipinski definition) is 1. The molecule has 142 valence electrons. The molecule has 26 heavy (non-hydrogen) atoms. The highest BCUT2D eigenvalue weighted by molar-refractivity contribution is 5.76. The molecule has 3 unspecified atom stereocenters. The summed E-state index contributed by atoms with van der Waals surface area (Å²) in [6, 6.07) is 7.25. The average Bonchev–Trinajstić information content (AvgIpc) is 2.52. The SMILES string of the molecule is COC1(C)CC2(C)C=CC1C=C2c1cc(C(C)(C)C)cc(C(C)(C)C)c1. The van der Waals surface area contributed by atoms with Crippen molar-refractivity contribution < 1.29 is 4.74 Å². The second-order valence-electron chi connectivity index (χ2n) is 10.9. The first-order valence-corrected chi connectivity index (χ1v) is 9.92. The number of fused-ring (bicyclic) bond motifs is 1. The van der Waals surface area contributed by atoms with Gasteiger partial charge in [-0.2, -0.15) is 0 Å². The van der Waals surface area contributed by atoms with Crippen LogP contribution >= 0.6 is 0 Å². The van der Waals surface area contributed by atoms with E-state index in [2.05, 4.69) is 91.8 Å². The van der Waals surface area contributed by atoms with E-state index in [-0.39, 0.29) is 21.8 Å². The first-order valence-electron chi connectivity index (χ1n) is 9.92. The van der Waals surface area contributed by atoms with Crippen LogP contribution in [-0.4, -0.2) is 12.7 Å². The molecule has 0 saturated carbocycles. The molecule has 1 aromatic carbocycles. The lowest BCUT2D eigenvalue weighted by Gasteiger charge is -2.50. The molecule has 1 aromatic rings. The second kappa shape index (κ2) is 5.83. The standard InChI is InChI=1S/C25H36O/c1-22(2,3)19-12-17(13-20(14-19)23(4,5)6)21-15-18-10-11-24(21,7)16-25(18,8)26-9/h10-15,18H,16H2,1-9H3. The van der Waals surface area contributed by atoms with Crippen molar-refractivity contribution in [1.82, 2.24) is 0 Å². The molecule has 0 fully saturated rings. The van der Waals surface area contributed by atoms with Crippen molar-refractivity contribution in [3.8, 4) is 0 Å². The molecular weight excluding hydrogens is 316 g/mol. The summed E-state index contributed by atoms with van der Waals surface area (Å²) in [5.74, 6) is 0.348. The second-order valence-corrected chi connectivity index (χ2v) is 10.9. The Morgan fingerprint density at radius 2 is 1.46 bits per heavy atom. The average molecular weight is 353 g/mol. The molecule has 3 atom stereocenters. The van der Waals surface area contributed by atoms with Gasteiger partial charge in [-0.3, -0.25) is 0 Å². The van der Waals surface area contributed by atoms with Crippen LogP contribution in [-0.2, 0) is 15.6 Å². The lowest BCUT2D eigenvalue weighted by Crippen LogP contribution is -2.46. The van der Waals surface area contributed by atoms with Gasteiger partial charge in [0.15, 0.2) is 0 Å². The van der Waals surface area contributed by atoms with E-state index in [1.165, 1.54) is 22.3 Å². The molecule has 4 rings (SSSR count). The molecule has 3 aliphatic rings. The van der Waals surface area contributed by atoms with E-state index in [1.54, 1.807) is 0 Å². The van der Waals surface area contributed by atoms with Gasteiger partial charge in [-0.1, -0.05) is 84.9 Å². The fourth-order valence-corrected chi connectivity index (χ4v) is 4.50. The minimum absolute atomic E-state index is 0.0329. The van der Waals surface area contributed by atoms with E-state index in [0.717, 1.165) is 6.42 Å². The van der Waals surface area contributed by atoms with Crippen molar-refractivity contribution in [2.45, 2.75) is 78.2 Å². The van der Waals surface area contributed by atoms with E-state index >= 15 is 0 Å². The van der Waals surface area contributed by atoms with Gasteiger partial charge in [0.2, 0.25) is 0 Å². The molecule has 0 aromatic heterocycles. The summed E-state index contributed by atoms with van der Waals surface area (Å²) in [6.07, 6.45) is 8.25. The molecular formula is C25H36O. The summed E-state index contributed by atoms with van der Waals surface area (Å²) in [5, 5.41) is 0. The van der Waals surface area contributed by atoms with Crippen LogP contribution in [0.4, 0.5) is 0 Å². The number of hydrogen-bond donors (Lipinski definition) is 0. The van der Waals surface area contributed by atoms with Gasteiger partial charge >= 0.3 is 0 Å². The fraction of sp³-hybridized carbons (Fsp3) is 0.600. The summed E-state index contributed by atoms with van der Waals surface area (Å²) in [6.45, 7) is 18.5. The molecule has 1 nitrogen and oxygen atoms in total. The summed E-state index contributed by atoms with van der Waals surface area (Å²) in [5.41, 5.74) is 5.92. The number of methoxy groups -OCH3 is 1. The molecule has 0 spiro atoms. The zero-order valence-electron chi connectivity index (χ0n) is 18.2. The lowest BCUT2D eigenvalue weighted by atomic mass is 9.58. The van der Waals surface area contributed by atoms with Gasteiger partial charge in [0.05, 0.1) is 5.60 Å². The topological polar surface area (TPSA) is 9.23 Å². The number of benzene rings is 1. The minimum atomic E-state index is -0.0957. The third-order valence-corrected chi connectivity index (χ3v) is 6.50. The maximum Gasteiger partial charge on any atom is 0.0759 e. The van der Waals surface area contributed by atoms with Gasteiger partial charge in [-0.15, -0.1) is 0 Å². The molecule has 0 radical (unpaired) electrons.